The van der Waals surface area contributed by atoms with E-state index in [1.165, 1.54) is 64.2 Å². The Morgan fingerprint density at radius 1 is 0.608 bits per heavy atom. The zero-order valence-corrected chi connectivity index (χ0v) is 34.2. The molecular formula is C41H77NO8P+. The second-order valence-electron chi connectivity index (χ2n) is 14.7. The molecule has 0 amide bonds. The first-order valence-corrected chi connectivity index (χ1v) is 21.7. The minimum Gasteiger partial charge on any atom is -0.462 e. The summed E-state index contributed by atoms with van der Waals surface area (Å²) in [5, 5.41) is 0. The number of carbonyl (C=O) groups excluding carboxylic acids is 2. The van der Waals surface area contributed by atoms with E-state index in [1.807, 2.05) is 21.1 Å². The van der Waals surface area contributed by atoms with Crippen LogP contribution in [-0.4, -0.2) is 74.9 Å². The number of phosphoric ester groups is 1. The molecule has 0 fully saturated rings. The number of hydrogen-bond donors (Lipinski definition) is 1. The number of hydrogen-bond acceptors (Lipinski definition) is 7. The Morgan fingerprint density at radius 2 is 1.06 bits per heavy atom. The first-order chi connectivity index (χ1) is 24.5. The van der Waals surface area contributed by atoms with Gasteiger partial charge in [0.1, 0.15) is 19.8 Å². The minimum atomic E-state index is -4.38. The van der Waals surface area contributed by atoms with Crippen LogP contribution in [-0.2, 0) is 32.7 Å². The summed E-state index contributed by atoms with van der Waals surface area (Å²) in [6.07, 6.45) is 36.2. The van der Waals surface area contributed by atoms with Crippen molar-refractivity contribution < 1.29 is 42.1 Å². The number of likely N-dealkylation sites (N-methyl/N-ethyl adjacent to an activating group) is 1. The van der Waals surface area contributed by atoms with Gasteiger partial charge in [-0.15, -0.1) is 0 Å². The molecule has 0 aromatic rings. The average Bonchev–Trinajstić information content (AvgIpc) is 3.07. The summed E-state index contributed by atoms with van der Waals surface area (Å²) in [6, 6.07) is 0. The molecule has 0 heterocycles. The monoisotopic (exact) mass is 743 g/mol. The maximum atomic E-state index is 12.6. The van der Waals surface area contributed by atoms with E-state index in [2.05, 4.69) is 50.3 Å². The smallest absolute Gasteiger partial charge is 0.462 e. The summed E-state index contributed by atoms with van der Waals surface area (Å²) < 4.78 is 34.1. The van der Waals surface area contributed by atoms with Crippen LogP contribution in [0.2, 0.25) is 0 Å². The molecule has 0 aliphatic carbocycles. The molecule has 9 nitrogen and oxygen atoms in total. The Balaban J connectivity index is 4.49. The number of carbonyl (C=O) groups is 2. The molecule has 0 saturated heterocycles. The second-order valence-corrected chi connectivity index (χ2v) is 16.1. The SMILES string of the molecule is CCCCC/C=C/CCCCCCCC(=O)OC[C@H](COP(=O)(O)OCC[N+](C)(C)C)OC(=O)CCCC/C=C/C/C=C/CCCCCCCC. The molecule has 10 heteroatoms. The zero-order chi connectivity index (χ0) is 37.9. The van der Waals surface area contributed by atoms with E-state index in [0.29, 0.717) is 17.4 Å². The van der Waals surface area contributed by atoms with E-state index in [4.69, 9.17) is 18.5 Å². The van der Waals surface area contributed by atoms with Gasteiger partial charge in [0.25, 0.3) is 0 Å². The Hall–Kier alpha value is -1.77. The number of ether oxygens (including phenoxy) is 2. The maximum absolute atomic E-state index is 12.6. The topological polar surface area (TPSA) is 108 Å². The molecule has 0 aliphatic heterocycles. The highest BCUT2D eigenvalue weighted by Crippen LogP contribution is 2.43. The van der Waals surface area contributed by atoms with E-state index in [9.17, 15) is 19.0 Å². The molecular weight excluding hydrogens is 665 g/mol. The van der Waals surface area contributed by atoms with Crippen LogP contribution in [0.5, 0.6) is 0 Å². The minimum absolute atomic E-state index is 0.0242. The van der Waals surface area contributed by atoms with E-state index in [1.54, 1.807) is 0 Å². The van der Waals surface area contributed by atoms with Crippen LogP contribution < -0.4 is 0 Å². The fourth-order valence-corrected chi connectivity index (χ4v) is 5.90. The molecule has 0 saturated carbocycles. The molecule has 0 aliphatic rings. The fourth-order valence-electron chi connectivity index (χ4n) is 5.15. The summed E-state index contributed by atoms with van der Waals surface area (Å²) in [4.78, 5) is 35.2. The van der Waals surface area contributed by atoms with Gasteiger partial charge in [0.15, 0.2) is 6.10 Å². The first-order valence-electron chi connectivity index (χ1n) is 20.2. The van der Waals surface area contributed by atoms with Crippen molar-refractivity contribution in [3.05, 3.63) is 36.5 Å². The van der Waals surface area contributed by atoms with Crippen molar-refractivity contribution in [1.29, 1.82) is 0 Å². The molecule has 0 aromatic heterocycles. The van der Waals surface area contributed by atoms with E-state index in [-0.39, 0.29) is 32.0 Å². The summed E-state index contributed by atoms with van der Waals surface area (Å²) in [5.74, 6) is -0.850. The van der Waals surface area contributed by atoms with Crippen LogP contribution in [0.3, 0.4) is 0 Å². The van der Waals surface area contributed by atoms with Crippen LogP contribution in [0.15, 0.2) is 36.5 Å². The largest absolute Gasteiger partial charge is 0.472 e. The molecule has 1 N–H and O–H groups in total. The lowest BCUT2D eigenvalue weighted by Crippen LogP contribution is -2.37. The van der Waals surface area contributed by atoms with Gasteiger partial charge in [0, 0.05) is 12.8 Å². The van der Waals surface area contributed by atoms with Crippen molar-refractivity contribution in [2.45, 2.75) is 168 Å². The number of esters is 2. The molecule has 0 rings (SSSR count). The fraction of sp³-hybridized carbons (Fsp3) is 0.805. The van der Waals surface area contributed by atoms with E-state index in [0.717, 1.165) is 64.2 Å². The summed E-state index contributed by atoms with van der Waals surface area (Å²) in [7, 11) is 1.45. The van der Waals surface area contributed by atoms with Crippen LogP contribution in [0.25, 0.3) is 0 Å². The average molecular weight is 743 g/mol. The van der Waals surface area contributed by atoms with Gasteiger partial charge in [-0.25, -0.2) is 4.57 Å². The standard InChI is InChI=1S/C41H76NO8P/c1-6-8-10-12-14-16-18-20-21-22-24-26-28-30-32-34-41(44)50-39(38-49-51(45,46)48-36-35-42(3,4)5)37-47-40(43)33-31-29-27-25-23-19-17-15-13-11-9-7-2/h15,17,20-21,24,26,39H,6-14,16,18-19,22-23,25,27-38H2,1-5H3/p+1/b17-15+,21-20+,26-24+/t39-/m1/s1. The molecule has 1 unspecified atom stereocenters. The van der Waals surface area contributed by atoms with E-state index < -0.39 is 26.5 Å². The molecule has 0 bridgehead atoms. The van der Waals surface area contributed by atoms with Gasteiger partial charge >= 0.3 is 19.8 Å². The highest BCUT2D eigenvalue weighted by atomic mass is 31.2. The molecule has 0 spiro atoms. The van der Waals surface area contributed by atoms with Crippen molar-refractivity contribution in [1.82, 2.24) is 0 Å². The quantitative estimate of drug-likeness (QED) is 0.0222. The Labute approximate surface area is 312 Å². The predicted molar refractivity (Wildman–Crippen MR) is 210 cm³/mol. The van der Waals surface area contributed by atoms with Gasteiger partial charge in [0.2, 0.25) is 0 Å². The molecule has 0 aromatic carbocycles. The lowest BCUT2D eigenvalue weighted by atomic mass is 10.1. The number of phosphoric acid groups is 1. The van der Waals surface area contributed by atoms with Gasteiger partial charge in [-0.1, -0.05) is 115 Å². The molecule has 51 heavy (non-hydrogen) atoms. The predicted octanol–water partition coefficient (Wildman–Crippen LogP) is 11.0. The second kappa shape index (κ2) is 34.0. The number of rotatable bonds is 36. The maximum Gasteiger partial charge on any atom is 0.472 e. The first kappa shape index (κ1) is 49.2. The Bertz CT molecular complexity index is 975. The number of unbranched alkanes of at least 4 members (excludes halogenated alkanes) is 16. The van der Waals surface area contributed by atoms with Crippen LogP contribution in [0.1, 0.15) is 162 Å². The molecule has 298 valence electrons. The van der Waals surface area contributed by atoms with Gasteiger partial charge in [-0.3, -0.25) is 18.6 Å². The normalized spacial score (nSPS) is 14.1. The van der Waals surface area contributed by atoms with Crippen LogP contribution >= 0.6 is 7.82 Å². The third-order valence-corrected chi connectivity index (χ3v) is 9.38. The van der Waals surface area contributed by atoms with Crippen molar-refractivity contribution in [2.75, 3.05) is 47.5 Å². The highest BCUT2D eigenvalue weighted by molar-refractivity contribution is 7.47. The van der Waals surface area contributed by atoms with Crippen molar-refractivity contribution in [3.8, 4) is 0 Å². The van der Waals surface area contributed by atoms with Gasteiger partial charge in [-0.05, 0) is 70.6 Å². The van der Waals surface area contributed by atoms with Gasteiger partial charge < -0.3 is 18.9 Å². The third kappa shape index (κ3) is 37.8. The van der Waals surface area contributed by atoms with Crippen molar-refractivity contribution in [3.63, 3.8) is 0 Å². The summed E-state index contributed by atoms with van der Waals surface area (Å²) >= 11 is 0. The number of quaternary nitrogens is 1. The van der Waals surface area contributed by atoms with Gasteiger partial charge in [-0.2, -0.15) is 0 Å². The third-order valence-electron chi connectivity index (χ3n) is 8.39. The van der Waals surface area contributed by atoms with Crippen molar-refractivity contribution in [2.24, 2.45) is 0 Å². The zero-order valence-electron chi connectivity index (χ0n) is 33.3. The van der Waals surface area contributed by atoms with Crippen LogP contribution in [0, 0.1) is 0 Å². The number of nitrogens with zero attached hydrogens (tertiary/aromatic N) is 1. The lowest BCUT2D eigenvalue weighted by molar-refractivity contribution is -0.870. The van der Waals surface area contributed by atoms with Gasteiger partial charge in [0.05, 0.1) is 27.7 Å². The van der Waals surface area contributed by atoms with Crippen LogP contribution in [0.4, 0.5) is 0 Å². The Kier molecular flexibility index (Phi) is 32.8. The highest BCUT2D eigenvalue weighted by Gasteiger charge is 2.27. The lowest BCUT2D eigenvalue weighted by Gasteiger charge is -2.24. The summed E-state index contributed by atoms with van der Waals surface area (Å²) in [6.45, 7) is 4.33. The molecule has 2 atom stereocenters. The van der Waals surface area contributed by atoms with E-state index >= 15 is 0 Å². The summed E-state index contributed by atoms with van der Waals surface area (Å²) in [5.41, 5.74) is 0. The Morgan fingerprint density at radius 3 is 1.65 bits per heavy atom. The molecule has 0 radical (unpaired) electrons. The number of allylic oxidation sites excluding steroid dienone is 6. The van der Waals surface area contributed by atoms with Crippen molar-refractivity contribution >= 4 is 19.8 Å².